The fourth-order valence-corrected chi connectivity index (χ4v) is 1.11. The Morgan fingerprint density at radius 1 is 1.50 bits per heavy atom. The van der Waals surface area contributed by atoms with Crippen molar-refractivity contribution in [2.45, 2.75) is 27.7 Å². The molecule has 1 aromatic rings. The van der Waals surface area contributed by atoms with Crippen molar-refractivity contribution >= 4 is 5.82 Å². The van der Waals surface area contributed by atoms with Crippen LogP contribution >= 0.6 is 0 Å². The van der Waals surface area contributed by atoms with E-state index in [-0.39, 0.29) is 0 Å². The van der Waals surface area contributed by atoms with Crippen LogP contribution < -0.4 is 5.32 Å². The van der Waals surface area contributed by atoms with Gasteiger partial charge in [0.05, 0.1) is 6.20 Å². The van der Waals surface area contributed by atoms with Crippen molar-refractivity contribution in [3.05, 3.63) is 12.3 Å². The van der Waals surface area contributed by atoms with Crippen LogP contribution in [0.2, 0.25) is 0 Å². The monoisotopic (exact) mass is 195 g/mol. The molecule has 80 valence electrons. The van der Waals surface area contributed by atoms with Crippen LogP contribution in [-0.2, 0) is 7.05 Å². The van der Waals surface area contributed by atoms with Gasteiger partial charge in [0.2, 0.25) is 0 Å². The minimum atomic E-state index is 0.353. The third-order valence-corrected chi connectivity index (χ3v) is 2.89. The van der Waals surface area contributed by atoms with Crippen LogP contribution in [0.4, 0.5) is 5.82 Å². The average Bonchev–Trinajstić information content (AvgIpc) is 2.45. The first-order valence-corrected chi connectivity index (χ1v) is 5.13. The Balaban J connectivity index is 2.46. The number of hydrogen-bond acceptors (Lipinski definition) is 2. The molecule has 14 heavy (non-hydrogen) atoms. The first kappa shape index (κ1) is 11.1. The Morgan fingerprint density at radius 3 is 2.57 bits per heavy atom. The zero-order valence-electron chi connectivity index (χ0n) is 9.83. The molecule has 0 saturated heterocycles. The number of aromatic nitrogens is 2. The van der Waals surface area contributed by atoms with Crippen molar-refractivity contribution in [1.82, 2.24) is 9.78 Å². The number of aryl methyl sites for hydroxylation is 1. The summed E-state index contributed by atoms with van der Waals surface area (Å²) in [6.45, 7) is 10.1. The predicted octanol–water partition coefficient (Wildman–Crippen LogP) is 2.51. The van der Waals surface area contributed by atoms with Gasteiger partial charge in [0.1, 0.15) is 5.82 Å². The molecule has 1 unspecified atom stereocenters. The van der Waals surface area contributed by atoms with Crippen LogP contribution in [0, 0.1) is 11.3 Å². The van der Waals surface area contributed by atoms with Gasteiger partial charge < -0.3 is 5.32 Å². The summed E-state index contributed by atoms with van der Waals surface area (Å²) in [5, 5.41) is 7.51. The lowest BCUT2D eigenvalue weighted by atomic mass is 9.82. The molecule has 0 aliphatic rings. The molecule has 0 spiro atoms. The summed E-state index contributed by atoms with van der Waals surface area (Å²) in [7, 11) is 1.95. The molecule has 1 atom stereocenters. The van der Waals surface area contributed by atoms with Gasteiger partial charge in [-0.05, 0) is 11.3 Å². The lowest BCUT2D eigenvalue weighted by molar-refractivity contribution is 0.274. The van der Waals surface area contributed by atoms with Gasteiger partial charge in [-0.15, -0.1) is 0 Å². The highest BCUT2D eigenvalue weighted by atomic mass is 15.3. The zero-order valence-corrected chi connectivity index (χ0v) is 9.83. The molecule has 0 amide bonds. The predicted molar refractivity (Wildman–Crippen MR) is 60.3 cm³/mol. The number of nitrogens with zero attached hydrogens (tertiary/aromatic N) is 2. The Bertz CT molecular complexity index is 283. The highest BCUT2D eigenvalue weighted by molar-refractivity contribution is 5.33. The minimum Gasteiger partial charge on any atom is -0.370 e. The Labute approximate surface area is 86.5 Å². The highest BCUT2D eigenvalue weighted by Crippen LogP contribution is 2.25. The molecular formula is C11H21N3. The van der Waals surface area contributed by atoms with Crippen LogP contribution in [0.5, 0.6) is 0 Å². The quantitative estimate of drug-likeness (QED) is 0.803. The van der Waals surface area contributed by atoms with Crippen LogP contribution in [0.1, 0.15) is 27.7 Å². The first-order valence-electron chi connectivity index (χ1n) is 5.13. The molecule has 0 radical (unpaired) electrons. The molecule has 0 aliphatic carbocycles. The molecule has 0 aliphatic heterocycles. The van der Waals surface area contributed by atoms with Gasteiger partial charge in [-0.3, -0.25) is 4.68 Å². The number of nitrogens with one attached hydrogen (secondary N) is 1. The van der Waals surface area contributed by atoms with Gasteiger partial charge in [0, 0.05) is 19.7 Å². The van der Waals surface area contributed by atoms with E-state index < -0.39 is 0 Å². The lowest BCUT2D eigenvalue weighted by Gasteiger charge is -2.27. The van der Waals surface area contributed by atoms with Crippen LogP contribution in [-0.4, -0.2) is 16.3 Å². The van der Waals surface area contributed by atoms with Crippen molar-refractivity contribution < 1.29 is 0 Å². The fraction of sp³-hybridized carbons (Fsp3) is 0.727. The van der Waals surface area contributed by atoms with E-state index in [9.17, 15) is 0 Å². The van der Waals surface area contributed by atoms with Crippen molar-refractivity contribution in [2.24, 2.45) is 18.4 Å². The summed E-state index contributed by atoms with van der Waals surface area (Å²) in [6.07, 6.45) is 1.81. The average molecular weight is 195 g/mol. The molecule has 0 fully saturated rings. The topological polar surface area (TPSA) is 29.9 Å². The molecule has 1 aromatic heterocycles. The molecule has 1 N–H and O–H groups in total. The van der Waals surface area contributed by atoms with Gasteiger partial charge in [0.15, 0.2) is 0 Å². The number of hydrogen-bond donors (Lipinski definition) is 1. The second-order valence-corrected chi connectivity index (χ2v) is 4.99. The Kier molecular flexibility index (Phi) is 3.19. The van der Waals surface area contributed by atoms with Gasteiger partial charge in [0.25, 0.3) is 0 Å². The number of anilines is 1. The zero-order chi connectivity index (χ0) is 10.8. The summed E-state index contributed by atoms with van der Waals surface area (Å²) < 4.78 is 1.86. The molecule has 0 bridgehead atoms. The summed E-state index contributed by atoms with van der Waals surface area (Å²) in [5.41, 5.74) is 0.353. The van der Waals surface area contributed by atoms with E-state index in [0.29, 0.717) is 11.3 Å². The summed E-state index contributed by atoms with van der Waals surface area (Å²) in [4.78, 5) is 0. The van der Waals surface area contributed by atoms with E-state index >= 15 is 0 Å². The summed E-state index contributed by atoms with van der Waals surface area (Å²) in [5.74, 6) is 1.72. The molecule has 0 aromatic carbocycles. The van der Waals surface area contributed by atoms with E-state index in [4.69, 9.17) is 0 Å². The maximum atomic E-state index is 4.11. The normalized spacial score (nSPS) is 14.1. The SMILES string of the molecule is CC(CNc1ccnn1C)C(C)(C)C. The molecule has 0 saturated carbocycles. The Hall–Kier alpha value is -0.990. The van der Waals surface area contributed by atoms with Gasteiger partial charge in [-0.2, -0.15) is 5.10 Å². The smallest absolute Gasteiger partial charge is 0.123 e. The molecule has 1 rings (SSSR count). The van der Waals surface area contributed by atoms with Crippen LogP contribution in [0.3, 0.4) is 0 Å². The second-order valence-electron chi connectivity index (χ2n) is 4.99. The van der Waals surface area contributed by atoms with Gasteiger partial charge >= 0.3 is 0 Å². The van der Waals surface area contributed by atoms with E-state index in [0.717, 1.165) is 12.4 Å². The van der Waals surface area contributed by atoms with Gasteiger partial charge in [-0.1, -0.05) is 27.7 Å². The standard InChI is InChI=1S/C11H21N3/c1-9(11(2,3)4)8-12-10-6-7-13-14(10)5/h6-7,9,12H,8H2,1-5H3. The van der Waals surface area contributed by atoms with E-state index in [1.54, 1.807) is 0 Å². The maximum absolute atomic E-state index is 4.11. The molecule has 3 heteroatoms. The second kappa shape index (κ2) is 4.03. The van der Waals surface area contributed by atoms with Crippen molar-refractivity contribution in [2.75, 3.05) is 11.9 Å². The van der Waals surface area contributed by atoms with E-state index in [1.165, 1.54) is 0 Å². The van der Waals surface area contributed by atoms with E-state index in [1.807, 2.05) is 24.0 Å². The summed E-state index contributed by atoms with van der Waals surface area (Å²) >= 11 is 0. The molecule has 1 heterocycles. The first-order chi connectivity index (χ1) is 6.41. The highest BCUT2D eigenvalue weighted by Gasteiger charge is 2.19. The lowest BCUT2D eigenvalue weighted by Crippen LogP contribution is -2.25. The Morgan fingerprint density at radius 2 is 2.14 bits per heavy atom. The fourth-order valence-electron chi connectivity index (χ4n) is 1.11. The molecular weight excluding hydrogens is 174 g/mol. The van der Waals surface area contributed by atoms with Crippen molar-refractivity contribution in [3.63, 3.8) is 0 Å². The molecule has 3 nitrogen and oxygen atoms in total. The van der Waals surface area contributed by atoms with Gasteiger partial charge in [-0.25, -0.2) is 0 Å². The van der Waals surface area contributed by atoms with E-state index in [2.05, 4.69) is 38.1 Å². The van der Waals surface area contributed by atoms with Crippen LogP contribution in [0.15, 0.2) is 12.3 Å². The van der Waals surface area contributed by atoms with Crippen LogP contribution in [0.25, 0.3) is 0 Å². The van der Waals surface area contributed by atoms with Crippen molar-refractivity contribution in [1.29, 1.82) is 0 Å². The third kappa shape index (κ3) is 2.76. The summed E-state index contributed by atoms with van der Waals surface area (Å²) in [6, 6.07) is 2.00. The van der Waals surface area contributed by atoms with Crippen molar-refractivity contribution in [3.8, 4) is 0 Å². The largest absolute Gasteiger partial charge is 0.370 e. The number of rotatable bonds is 3. The minimum absolute atomic E-state index is 0.353. The maximum Gasteiger partial charge on any atom is 0.123 e. The third-order valence-electron chi connectivity index (χ3n) is 2.89.